The highest BCUT2D eigenvalue weighted by Crippen LogP contribution is 2.37. The fourth-order valence-electron chi connectivity index (χ4n) is 4.60. The van der Waals surface area contributed by atoms with Crippen molar-refractivity contribution >= 4 is 40.1 Å². The molecular weight excluding hydrogens is 491 g/mol. The summed E-state index contributed by atoms with van der Waals surface area (Å²) in [5.74, 6) is 0.827. The molecular formula is C29H32Cl2N4O. The third-order valence-corrected chi connectivity index (χ3v) is 7.21. The van der Waals surface area contributed by atoms with Crippen LogP contribution < -0.4 is 5.73 Å². The molecule has 0 saturated heterocycles. The van der Waals surface area contributed by atoms with Crippen molar-refractivity contribution in [2.75, 3.05) is 13.1 Å². The molecule has 0 spiro atoms. The maximum absolute atomic E-state index is 13.9. The van der Waals surface area contributed by atoms with E-state index >= 15 is 0 Å². The number of amides is 1. The van der Waals surface area contributed by atoms with Crippen molar-refractivity contribution in [2.24, 2.45) is 11.7 Å². The van der Waals surface area contributed by atoms with E-state index in [2.05, 4.69) is 30.5 Å². The molecule has 188 valence electrons. The molecule has 1 amide bonds. The zero-order chi connectivity index (χ0) is 25.8. The predicted octanol–water partition coefficient (Wildman–Crippen LogP) is 6.89. The van der Waals surface area contributed by atoms with Crippen LogP contribution in [0.5, 0.6) is 0 Å². The number of aryl methyl sites for hydroxylation is 1. The van der Waals surface area contributed by atoms with Crippen molar-refractivity contribution in [3.63, 3.8) is 0 Å². The van der Waals surface area contributed by atoms with Gasteiger partial charge in [0.2, 0.25) is 0 Å². The minimum absolute atomic E-state index is 0.0374. The molecule has 0 aliphatic rings. The molecule has 1 heterocycles. The van der Waals surface area contributed by atoms with E-state index in [1.54, 1.807) is 6.07 Å². The Morgan fingerprint density at radius 3 is 2.36 bits per heavy atom. The van der Waals surface area contributed by atoms with Gasteiger partial charge in [0, 0.05) is 18.7 Å². The summed E-state index contributed by atoms with van der Waals surface area (Å²) in [5, 5.41) is 0.875. The number of fused-ring (bicyclic) bond motifs is 1. The van der Waals surface area contributed by atoms with Crippen molar-refractivity contribution in [2.45, 2.75) is 39.8 Å². The first-order valence-electron chi connectivity index (χ1n) is 12.3. The minimum atomic E-state index is -0.295. The van der Waals surface area contributed by atoms with Crippen LogP contribution in [0.4, 0.5) is 0 Å². The Labute approximate surface area is 222 Å². The van der Waals surface area contributed by atoms with E-state index in [1.807, 2.05) is 60.4 Å². The number of benzene rings is 3. The van der Waals surface area contributed by atoms with Gasteiger partial charge in [-0.15, -0.1) is 0 Å². The highest BCUT2D eigenvalue weighted by atomic mass is 35.5. The Bertz CT molecular complexity index is 1330. The maximum Gasteiger partial charge on any atom is 0.254 e. The average Bonchev–Trinajstić information content (AvgIpc) is 3.22. The van der Waals surface area contributed by atoms with Crippen LogP contribution in [0, 0.1) is 12.8 Å². The van der Waals surface area contributed by atoms with Crippen LogP contribution in [-0.4, -0.2) is 33.4 Å². The molecule has 7 heteroatoms. The third kappa shape index (κ3) is 5.44. The van der Waals surface area contributed by atoms with E-state index in [-0.39, 0.29) is 17.9 Å². The highest BCUT2D eigenvalue weighted by Gasteiger charge is 2.33. The van der Waals surface area contributed by atoms with E-state index in [0.717, 1.165) is 22.5 Å². The van der Waals surface area contributed by atoms with Crippen LogP contribution in [0.2, 0.25) is 10.0 Å². The zero-order valence-electron chi connectivity index (χ0n) is 20.9. The smallest absolute Gasteiger partial charge is 0.254 e. The van der Waals surface area contributed by atoms with Gasteiger partial charge in [-0.3, -0.25) is 4.79 Å². The Hall–Kier alpha value is -2.86. The van der Waals surface area contributed by atoms with Crippen molar-refractivity contribution in [1.82, 2.24) is 14.5 Å². The number of carbonyl (C=O) groups excluding carboxylic acids is 1. The van der Waals surface area contributed by atoms with E-state index in [1.165, 1.54) is 0 Å². The number of rotatable bonds is 9. The number of aromatic nitrogens is 2. The van der Waals surface area contributed by atoms with Crippen molar-refractivity contribution < 1.29 is 4.79 Å². The summed E-state index contributed by atoms with van der Waals surface area (Å²) in [6, 6.07) is 21.4. The molecule has 4 aromatic rings. The third-order valence-electron chi connectivity index (χ3n) is 6.42. The second-order valence-electron chi connectivity index (χ2n) is 9.47. The SMILES string of the molecule is Cc1ccc(C(=O)N(CCCN)C(c2nc3c(Cl)c(Cl)ccc3n2Cc2ccccc2)C(C)C)cc1. The second-order valence-corrected chi connectivity index (χ2v) is 10.3. The largest absolute Gasteiger partial charge is 0.330 e. The van der Waals surface area contributed by atoms with Gasteiger partial charge in [-0.25, -0.2) is 4.98 Å². The fourth-order valence-corrected chi connectivity index (χ4v) is 4.95. The van der Waals surface area contributed by atoms with Gasteiger partial charge in [-0.2, -0.15) is 0 Å². The lowest BCUT2D eigenvalue weighted by Gasteiger charge is -2.34. The molecule has 0 aliphatic heterocycles. The zero-order valence-corrected chi connectivity index (χ0v) is 22.4. The molecule has 1 unspecified atom stereocenters. The minimum Gasteiger partial charge on any atom is -0.330 e. The van der Waals surface area contributed by atoms with Crippen LogP contribution in [0.15, 0.2) is 66.7 Å². The number of halogens is 2. The number of hydrogen-bond donors (Lipinski definition) is 1. The summed E-state index contributed by atoms with van der Waals surface area (Å²) < 4.78 is 2.16. The van der Waals surface area contributed by atoms with E-state index in [9.17, 15) is 4.79 Å². The second kappa shape index (κ2) is 11.5. The molecule has 0 bridgehead atoms. The number of hydrogen-bond acceptors (Lipinski definition) is 3. The number of nitrogens with two attached hydrogens (primary N) is 1. The first-order valence-corrected chi connectivity index (χ1v) is 13.0. The first kappa shape index (κ1) is 26.2. The van der Waals surface area contributed by atoms with Gasteiger partial charge in [0.15, 0.2) is 0 Å². The Morgan fingerprint density at radius 1 is 1.03 bits per heavy atom. The molecule has 1 aromatic heterocycles. The van der Waals surface area contributed by atoms with Crippen LogP contribution in [0.1, 0.15) is 53.6 Å². The Kier molecular flexibility index (Phi) is 8.35. The molecule has 0 aliphatic carbocycles. The van der Waals surface area contributed by atoms with E-state index < -0.39 is 0 Å². The summed E-state index contributed by atoms with van der Waals surface area (Å²) in [4.78, 5) is 20.8. The van der Waals surface area contributed by atoms with Crippen LogP contribution in [-0.2, 0) is 6.54 Å². The number of nitrogens with zero attached hydrogens (tertiary/aromatic N) is 3. The molecule has 0 saturated carbocycles. The van der Waals surface area contributed by atoms with Crippen LogP contribution in [0.25, 0.3) is 11.0 Å². The normalized spacial score (nSPS) is 12.3. The molecule has 2 N–H and O–H groups in total. The molecule has 4 rings (SSSR count). The van der Waals surface area contributed by atoms with Crippen molar-refractivity contribution in [3.8, 4) is 0 Å². The van der Waals surface area contributed by atoms with Gasteiger partial charge in [0.25, 0.3) is 5.91 Å². The first-order chi connectivity index (χ1) is 17.3. The summed E-state index contributed by atoms with van der Waals surface area (Å²) in [7, 11) is 0. The lowest BCUT2D eigenvalue weighted by molar-refractivity contribution is 0.0605. The quantitative estimate of drug-likeness (QED) is 0.260. The molecule has 36 heavy (non-hydrogen) atoms. The van der Waals surface area contributed by atoms with Gasteiger partial charge in [-0.05, 0) is 55.6 Å². The van der Waals surface area contributed by atoms with Crippen LogP contribution in [0.3, 0.4) is 0 Å². The summed E-state index contributed by atoms with van der Waals surface area (Å²) >= 11 is 13.0. The standard InChI is InChI=1S/C29H32Cl2N4O/c1-19(2)27(34(17-7-16-32)29(36)22-12-10-20(3)11-13-22)28-33-26-24(15-14-23(30)25(26)31)35(28)18-21-8-5-4-6-9-21/h4-6,8-15,19,27H,7,16-18,32H2,1-3H3. The Balaban J connectivity index is 1.89. The predicted molar refractivity (Wildman–Crippen MR) is 149 cm³/mol. The Morgan fingerprint density at radius 2 is 1.72 bits per heavy atom. The molecule has 5 nitrogen and oxygen atoms in total. The summed E-state index contributed by atoms with van der Waals surface area (Å²) in [6.45, 7) is 7.85. The van der Waals surface area contributed by atoms with Gasteiger partial charge in [-0.1, -0.05) is 85.1 Å². The topological polar surface area (TPSA) is 64.2 Å². The molecule has 1 atom stereocenters. The number of carbonyl (C=O) groups is 1. The highest BCUT2D eigenvalue weighted by molar-refractivity contribution is 6.44. The molecule has 3 aromatic carbocycles. The van der Waals surface area contributed by atoms with Crippen LogP contribution >= 0.6 is 23.2 Å². The fraction of sp³-hybridized carbons (Fsp3) is 0.310. The number of imidazole rings is 1. The van der Waals surface area contributed by atoms with Gasteiger partial charge in [0.1, 0.15) is 11.3 Å². The monoisotopic (exact) mass is 522 g/mol. The summed E-state index contributed by atoms with van der Waals surface area (Å²) in [5.41, 5.74) is 10.3. The van der Waals surface area contributed by atoms with Crippen molar-refractivity contribution in [3.05, 3.63) is 99.3 Å². The van der Waals surface area contributed by atoms with Gasteiger partial charge < -0.3 is 15.2 Å². The molecule has 0 radical (unpaired) electrons. The van der Waals surface area contributed by atoms with Gasteiger partial charge >= 0.3 is 0 Å². The average molecular weight is 524 g/mol. The summed E-state index contributed by atoms with van der Waals surface area (Å²) in [6.07, 6.45) is 0.687. The van der Waals surface area contributed by atoms with Gasteiger partial charge in [0.05, 0.1) is 21.6 Å². The maximum atomic E-state index is 13.9. The lowest BCUT2D eigenvalue weighted by atomic mass is 9.99. The lowest BCUT2D eigenvalue weighted by Crippen LogP contribution is -2.40. The van der Waals surface area contributed by atoms with Crippen molar-refractivity contribution in [1.29, 1.82) is 0 Å². The molecule has 0 fully saturated rings. The van der Waals surface area contributed by atoms with E-state index in [0.29, 0.717) is 47.2 Å². The van der Waals surface area contributed by atoms with E-state index in [4.69, 9.17) is 33.9 Å².